The zero-order valence-electron chi connectivity index (χ0n) is 10.8. The third-order valence-electron chi connectivity index (χ3n) is 3.48. The number of aryl methyl sites for hydroxylation is 1. The number of nitrogens with zero attached hydrogens (tertiary/aromatic N) is 2. The normalized spacial score (nSPS) is 13.9. The highest BCUT2D eigenvalue weighted by Gasteiger charge is 2.17. The van der Waals surface area contributed by atoms with E-state index in [1.807, 2.05) is 24.3 Å². The minimum absolute atomic E-state index is 0.462. The molecule has 1 heterocycles. The monoisotopic (exact) mass is 255 g/mol. The molecular weight excluding hydrogens is 238 g/mol. The van der Waals surface area contributed by atoms with E-state index in [1.165, 1.54) is 12.8 Å². The molecule has 0 bridgehead atoms. The Morgan fingerprint density at radius 1 is 1.11 bits per heavy atom. The highest BCUT2D eigenvalue weighted by atomic mass is 16.5. The number of aromatic nitrogens is 2. The molecule has 1 aliphatic rings. The van der Waals surface area contributed by atoms with E-state index in [9.17, 15) is 0 Å². The van der Waals surface area contributed by atoms with Gasteiger partial charge in [-0.15, -0.1) is 0 Å². The topological polar surface area (TPSA) is 61.0 Å². The van der Waals surface area contributed by atoms with Gasteiger partial charge in [-0.05, 0) is 31.7 Å². The van der Waals surface area contributed by atoms with E-state index in [-0.39, 0.29) is 0 Å². The van der Waals surface area contributed by atoms with E-state index in [4.69, 9.17) is 10.5 Å². The van der Waals surface area contributed by atoms with Gasteiger partial charge in [0.05, 0.1) is 5.69 Å². The maximum Gasteiger partial charge on any atom is 0.225 e. The lowest BCUT2D eigenvalue weighted by molar-refractivity contribution is 0.442. The number of benzene rings is 1. The summed E-state index contributed by atoms with van der Waals surface area (Å²) in [6, 6.07) is 7.81. The number of hydrogen-bond donors (Lipinski definition) is 1. The highest BCUT2D eigenvalue weighted by Crippen LogP contribution is 2.30. The van der Waals surface area contributed by atoms with Crippen molar-refractivity contribution in [3.63, 3.8) is 0 Å². The lowest BCUT2D eigenvalue weighted by Gasteiger charge is -2.18. The van der Waals surface area contributed by atoms with Gasteiger partial charge in [-0.25, -0.2) is 9.97 Å². The number of hydrogen-bond acceptors (Lipinski definition) is 4. The van der Waals surface area contributed by atoms with Gasteiger partial charge < -0.3 is 10.5 Å². The van der Waals surface area contributed by atoms with Crippen molar-refractivity contribution in [1.82, 2.24) is 9.97 Å². The standard InChI is InChI=1S/C15H17N3O/c16-9-11-5-1-4-8-14(11)19-15-12-6-2-3-7-13(12)17-10-18-15/h1,4-5,8,10H,2-3,6-7,9,16H2. The molecule has 2 N–H and O–H groups in total. The molecule has 19 heavy (non-hydrogen) atoms. The summed E-state index contributed by atoms with van der Waals surface area (Å²) in [7, 11) is 0. The van der Waals surface area contributed by atoms with Crippen molar-refractivity contribution in [3.05, 3.63) is 47.4 Å². The molecule has 2 aromatic rings. The summed E-state index contributed by atoms with van der Waals surface area (Å²) in [5, 5.41) is 0. The van der Waals surface area contributed by atoms with Crippen LogP contribution < -0.4 is 10.5 Å². The molecule has 4 heteroatoms. The van der Waals surface area contributed by atoms with Crippen molar-refractivity contribution < 1.29 is 4.74 Å². The van der Waals surface area contributed by atoms with Crippen LogP contribution in [0, 0.1) is 0 Å². The van der Waals surface area contributed by atoms with Gasteiger partial charge in [-0.1, -0.05) is 18.2 Å². The number of nitrogens with two attached hydrogens (primary N) is 1. The molecular formula is C15H17N3O. The van der Waals surface area contributed by atoms with Crippen molar-refractivity contribution in [2.75, 3.05) is 0 Å². The predicted molar refractivity (Wildman–Crippen MR) is 73.1 cm³/mol. The second-order valence-corrected chi connectivity index (χ2v) is 4.73. The average Bonchev–Trinajstić information content (AvgIpc) is 2.48. The Hall–Kier alpha value is -1.94. The molecule has 0 atom stereocenters. The van der Waals surface area contributed by atoms with Crippen LogP contribution in [-0.4, -0.2) is 9.97 Å². The van der Waals surface area contributed by atoms with Crippen LogP contribution in [0.4, 0.5) is 0 Å². The SMILES string of the molecule is NCc1ccccc1Oc1ncnc2c1CCCC2. The van der Waals surface area contributed by atoms with Gasteiger partial charge in [0.1, 0.15) is 12.1 Å². The molecule has 0 radical (unpaired) electrons. The second kappa shape index (κ2) is 5.36. The summed E-state index contributed by atoms with van der Waals surface area (Å²) in [6.45, 7) is 0.462. The van der Waals surface area contributed by atoms with Gasteiger partial charge in [0.2, 0.25) is 5.88 Å². The maximum absolute atomic E-state index is 5.97. The molecule has 1 aromatic carbocycles. The Labute approximate surface area is 112 Å². The van der Waals surface area contributed by atoms with Gasteiger partial charge in [0.25, 0.3) is 0 Å². The fraction of sp³-hybridized carbons (Fsp3) is 0.333. The minimum Gasteiger partial charge on any atom is -0.438 e. The van der Waals surface area contributed by atoms with Crippen LogP contribution in [0.3, 0.4) is 0 Å². The summed E-state index contributed by atoms with van der Waals surface area (Å²) in [5.74, 6) is 1.47. The van der Waals surface area contributed by atoms with Gasteiger partial charge >= 0.3 is 0 Å². The summed E-state index contributed by atoms with van der Waals surface area (Å²) in [4.78, 5) is 8.64. The van der Waals surface area contributed by atoms with Gasteiger partial charge in [0.15, 0.2) is 0 Å². The van der Waals surface area contributed by atoms with Crippen molar-refractivity contribution in [3.8, 4) is 11.6 Å². The van der Waals surface area contributed by atoms with Crippen LogP contribution in [0.25, 0.3) is 0 Å². The maximum atomic E-state index is 5.97. The summed E-state index contributed by atoms with van der Waals surface area (Å²) >= 11 is 0. The zero-order chi connectivity index (χ0) is 13.1. The molecule has 3 rings (SSSR count). The first-order valence-electron chi connectivity index (χ1n) is 6.67. The van der Waals surface area contributed by atoms with E-state index in [1.54, 1.807) is 6.33 Å². The molecule has 1 aliphatic carbocycles. The molecule has 1 aromatic heterocycles. The van der Waals surface area contributed by atoms with Crippen molar-refractivity contribution in [2.24, 2.45) is 5.73 Å². The van der Waals surface area contributed by atoms with E-state index in [2.05, 4.69) is 9.97 Å². The first kappa shape index (κ1) is 12.1. The highest BCUT2D eigenvalue weighted by molar-refractivity contribution is 5.39. The summed E-state index contributed by atoms with van der Waals surface area (Å²) in [5.41, 5.74) is 9.00. The van der Waals surface area contributed by atoms with Gasteiger partial charge in [0, 0.05) is 17.7 Å². The van der Waals surface area contributed by atoms with Crippen LogP contribution >= 0.6 is 0 Å². The van der Waals surface area contributed by atoms with Gasteiger partial charge in [-0.2, -0.15) is 0 Å². The number of fused-ring (bicyclic) bond motifs is 1. The predicted octanol–water partition coefficient (Wildman–Crippen LogP) is 2.61. The third kappa shape index (κ3) is 2.44. The molecule has 4 nitrogen and oxygen atoms in total. The van der Waals surface area contributed by atoms with Crippen molar-refractivity contribution in [2.45, 2.75) is 32.2 Å². The van der Waals surface area contributed by atoms with Crippen LogP contribution in [0.15, 0.2) is 30.6 Å². The fourth-order valence-electron chi connectivity index (χ4n) is 2.46. The molecule has 98 valence electrons. The molecule has 0 fully saturated rings. The van der Waals surface area contributed by atoms with Crippen LogP contribution in [-0.2, 0) is 19.4 Å². The molecule has 0 aliphatic heterocycles. The Morgan fingerprint density at radius 2 is 1.95 bits per heavy atom. The largest absolute Gasteiger partial charge is 0.438 e. The van der Waals surface area contributed by atoms with E-state index in [0.717, 1.165) is 35.4 Å². The van der Waals surface area contributed by atoms with Crippen molar-refractivity contribution >= 4 is 0 Å². The Balaban J connectivity index is 1.95. The Kier molecular flexibility index (Phi) is 3.42. The van der Waals surface area contributed by atoms with Crippen molar-refractivity contribution in [1.29, 1.82) is 0 Å². The van der Waals surface area contributed by atoms with E-state index < -0.39 is 0 Å². The first-order chi connectivity index (χ1) is 9.38. The molecule has 0 saturated carbocycles. The lowest BCUT2D eigenvalue weighted by atomic mass is 9.97. The minimum atomic E-state index is 0.462. The Bertz CT molecular complexity index is 583. The smallest absolute Gasteiger partial charge is 0.225 e. The summed E-state index contributed by atoms with van der Waals surface area (Å²) < 4.78 is 5.97. The molecule has 0 spiro atoms. The van der Waals surface area contributed by atoms with Crippen LogP contribution in [0.2, 0.25) is 0 Å². The zero-order valence-corrected chi connectivity index (χ0v) is 10.8. The number of rotatable bonds is 3. The van der Waals surface area contributed by atoms with Gasteiger partial charge in [-0.3, -0.25) is 0 Å². The van der Waals surface area contributed by atoms with E-state index >= 15 is 0 Å². The van der Waals surface area contributed by atoms with Crippen LogP contribution in [0.1, 0.15) is 29.7 Å². The lowest BCUT2D eigenvalue weighted by Crippen LogP contribution is -2.09. The number of ether oxygens (including phenoxy) is 1. The Morgan fingerprint density at radius 3 is 2.84 bits per heavy atom. The second-order valence-electron chi connectivity index (χ2n) is 4.73. The fourth-order valence-corrected chi connectivity index (χ4v) is 2.46. The molecule has 0 amide bonds. The van der Waals surface area contributed by atoms with E-state index in [0.29, 0.717) is 12.4 Å². The number of para-hydroxylation sites is 1. The average molecular weight is 255 g/mol. The third-order valence-corrected chi connectivity index (χ3v) is 3.48. The van der Waals surface area contributed by atoms with Crippen LogP contribution in [0.5, 0.6) is 11.6 Å². The molecule has 0 saturated heterocycles. The molecule has 0 unspecified atom stereocenters. The quantitative estimate of drug-likeness (QED) is 0.915. The summed E-state index contributed by atoms with van der Waals surface area (Å²) in [6.07, 6.45) is 5.98. The first-order valence-corrected chi connectivity index (χ1v) is 6.67.